The van der Waals surface area contributed by atoms with Gasteiger partial charge in [0.15, 0.2) is 0 Å². The van der Waals surface area contributed by atoms with Crippen molar-refractivity contribution in [3.63, 3.8) is 0 Å². The topological polar surface area (TPSA) is 29.3 Å². The number of nitrogens with zero attached hydrogens (tertiary/aromatic N) is 1. The minimum absolute atomic E-state index is 0.714. The van der Waals surface area contributed by atoms with Gasteiger partial charge in [0.1, 0.15) is 0 Å². The van der Waals surface area contributed by atoms with Gasteiger partial charge in [-0.15, -0.1) is 0 Å². The molecule has 1 aromatic carbocycles. The largest absolute Gasteiger partial charge is 0.370 e. The first-order valence-corrected chi connectivity index (χ1v) is 8.07. The third-order valence-corrected chi connectivity index (χ3v) is 4.56. The normalized spacial score (nSPS) is 16.9. The summed E-state index contributed by atoms with van der Waals surface area (Å²) in [5, 5.41) is 0. The number of nitrogens with two attached hydrogens (primary N) is 1. The highest BCUT2D eigenvalue weighted by Gasteiger charge is 2.13. The maximum absolute atomic E-state index is 5.70. The minimum Gasteiger partial charge on any atom is -0.370 e. The van der Waals surface area contributed by atoms with Crippen LogP contribution in [0.5, 0.6) is 0 Å². The number of anilines is 1. The van der Waals surface area contributed by atoms with Crippen LogP contribution in [0.15, 0.2) is 22.7 Å². The number of thioether (sulfide) groups is 1. The van der Waals surface area contributed by atoms with Crippen molar-refractivity contribution in [1.29, 1.82) is 0 Å². The molecule has 2 N–H and O–H groups in total. The van der Waals surface area contributed by atoms with Gasteiger partial charge in [0.05, 0.1) is 0 Å². The van der Waals surface area contributed by atoms with Crippen molar-refractivity contribution < 1.29 is 0 Å². The summed E-state index contributed by atoms with van der Waals surface area (Å²) in [6.07, 6.45) is 2.24. The first-order chi connectivity index (χ1) is 8.31. The van der Waals surface area contributed by atoms with Crippen LogP contribution in [0, 0.1) is 0 Å². The summed E-state index contributed by atoms with van der Waals surface area (Å²) in [6.45, 7) is 3.04. The molecule has 0 unspecified atom stereocenters. The summed E-state index contributed by atoms with van der Waals surface area (Å²) in [5.74, 6) is 2.53. The highest BCUT2D eigenvalue weighted by atomic mass is 79.9. The third-order valence-electron chi connectivity index (χ3n) is 3.02. The zero-order chi connectivity index (χ0) is 12.1. The van der Waals surface area contributed by atoms with E-state index in [4.69, 9.17) is 5.73 Å². The monoisotopic (exact) mass is 314 g/mol. The van der Waals surface area contributed by atoms with Crippen LogP contribution in [0.4, 0.5) is 5.69 Å². The predicted molar refractivity (Wildman–Crippen MR) is 81.1 cm³/mol. The zero-order valence-electron chi connectivity index (χ0n) is 9.99. The molecule has 0 amide bonds. The number of hydrogen-bond donors (Lipinski definition) is 1. The molecular weight excluding hydrogens is 296 g/mol. The summed E-state index contributed by atoms with van der Waals surface area (Å²) in [6, 6.07) is 6.57. The predicted octanol–water partition coefficient (Wildman–Crippen LogP) is 2.89. The van der Waals surface area contributed by atoms with Crippen molar-refractivity contribution >= 4 is 33.4 Å². The number of hydrogen-bond acceptors (Lipinski definition) is 3. The minimum atomic E-state index is 0.714. The Morgan fingerprint density at radius 1 is 1.29 bits per heavy atom. The fraction of sp³-hybridized carbons (Fsp3) is 0.538. The Labute approximate surface area is 116 Å². The van der Waals surface area contributed by atoms with Gasteiger partial charge in [0.25, 0.3) is 0 Å². The Morgan fingerprint density at radius 3 is 3.00 bits per heavy atom. The van der Waals surface area contributed by atoms with Gasteiger partial charge in [0.2, 0.25) is 0 Å². The fourth-order valence-corrected chi connectivity index (χ4v) is 3.50. The van der Waals surface area contributed by atoms with E-state index in [1.54, 1.807) is 0 Å². The first-order valence-electron chi connectivity index (χ1n) is 6.12. The molecular formula is C13H19BrN2S. The standard InChI is InChI=1S/C13H19BrN2S/c14-12-2-3-13(11(10-12)4-5-15)16-6-1-8-17-9-7-16/h2-3,10H,1,4-9,15H2. The number of halogens is 1. The van der Waals surface area contributed by atoms with Gasteiger partial charge in [-0.25, -0.2) is 0 Å². The molecule has 4 heteroatoms. The van der Waals surface area contributed by atoms with Crippen molar-refractivity contribution in [1.82, 2.24) is 0 Å². The van der Waals surface area contributed by atoms with Gasteiger partial charge < -0.3 is 10.6 Å². The number of benzene rings is 1. The van der Waals surface area contributed by atoms with E-state index in [1.807, 2.05) is 0 Å². The van der Waals surface area contributed by atoms with E-state index >= 15 is 0 Å². The summed E-state index contributed by atoms with van der Waals surface area (Å²) in [4.78, 5) is 2.51. The van der Waals surface area contributed by atoms with E-state index in [0.717, 1.165) is 17.4 Å². The molecule has 0 spiro atoms. The number of rotatable bonds is 3. The SMILES string of the molecule is NCCc1cc(Br)ccc1N1CCCSCC1. The molecule has 1 aliphatic rings. The van der Waals surface area contributed by atoms with E-state index < -0.39 is 0 Å². The van der Waals surface area contributed by atoms with Crippen molar-refractivity contribution in [2.75, 3.05) is 36.0 Å². The van der Waals surface area contributed by atoms with Crippen LogP contribution in [-0.2, 0) is 6.42 Å². The van der Waals surface area contributed by atoms with Gasteiger partial charge in [-0.05, 0) is 48.9 Å². The van der Waals surface area contributed by atoms with Crippen LogP contribution < -0.4 is 10.6 Å². The molecule has 1 fully saturated rings. The van der Waals surface area contributed by atoms with Gasteiger partial charge >= 0.3 is 0 Å². The van der Waals surface area contributed by atoms with Gasteiger partial charge in [-0.2, -0.15) is 11.8 Å². The Balaban J connectivity index is 2.22. The Bertz CT molecular complexity index is 362. The Kier molecular flexibility index (Phi) is 5.19. The van der Waals surface area contributed by atoms with Gasteiger partial charge in [0, 0.05) is 29.0 Å². The summed E-state index contributed by atoms with van der Waals surface area (Å²) in [7, 11) is 0. The summed E-state index contributed by atoms with van der Waals surface area (Å²) < 4.78 is 1.15. The van der Waals surface area contributed by atoms with Crippen LogP contribution in [0.3, 0.4) is 0 Å². The molecule has 0 bridgehead atoms. The molecule has 17 heavy (non-hydrogen) atoms. The highest BCUT2D eigenvalue weighted by molar-refractivity contribution is 9.10. The van der Waals surface area contributed by atoms with Gasteiger partial charge in [-0.1, -0.05) is 15.9 Å². The van der Waals surface area contributed by atoms with Crippen molar-refractivity contribution in [2.24, 2.45) is 5.73 Å². The van der Waals surface area contributed by atoms with Crippen LogP contribution in [0.2, 0.25) is 0 Å². The lowest BCUT2D eigenvalue weighted by molar-refractivity contribution is 0.806. The second-order valence-corrected chi connectivity index (χ2v) is 6.41. The molecule has 1 saturated heterocycles. The van der Waals surface area contributed by atoms with Crippen LogP contribution in [0.1, 0.15) is 12.0 Å². The second-order valence-electron chi connectivity index (χ2n) is 4.26. The molecule has 1 heterocycles. The molecule has 0 aliphatic carbocycles. The molecule has 0 radical (unpaired) electrons. The smallest absolute Gasteiger partial charge is 0.0400 e. The second kappa shape index (κ2) is 6.66. The van der Waals surface area contributed by atoms with Crippen molar-refractivity contribution in [3.8, 4) is 0 Å². The Hall–Kier alpha value is -0.190. The fourth-order valence-electron chi connectivity index (χ4n) is 2.21. The molecule has 0 aromatic heterocycles. The molecule has 1 aromatic rings. The van der Waals surface area contributed by atoms with Crippen molar-refractivity contribution in [2.45, 2.75) is 12.8 Å². The average Bonchev–Trinajstić information content (AvgIpc) is 2.58. The molecule has 2 rings (SSSR count). The molecule has 94 valence electrons. The van der Waals surface area contributed by atoms with Crippen LogP contribution in [0.25, 0.3) is 0 Å². The summed E-state index contributed by atoms with van der Waals surface area (Å²) >= 11 is 5.60. The molecule has 0 saturated carbocycles. The van der Waals surface area contributed by atoms with E-state index in [2.05, 4.69) is 50.8 Å². The molecule has 1 aliphatic heterocycles. The average molecular weight is 315 g/mol. The molecule has 2 nitrogen and oxygen atoms in total. The third kappa shape index (κ3) is 3.63. The van der Waals surface area contributed by atoms with E-state index in [0.29, 0.717) is 6.54 Å². The summed E-state index contributed by atoms with van der Waals surface area (Å²) in [5.41, 5.74) is 8.45. The lowest BCUT2D eigenvalue weighted by atomic mass is 10.1. The van der Waals surface area contributed by atoms with Crippen LogP contribution in [-0.4, -0.2) is 31.1 Å². The quantitative estimate of drug-likeness (QED) is 0.930. The molecule has 0 atom stereocenters. The van der Waals surface area contributed by atoms with Crippen molar-refractivity contribution in [3.05, 3.63) is 28.2 Å². The lowest BCUT2D eigenvalue weighted by Crippen LogP contribution is -2.26. The van der Waals surface area contributed by atoms with E-state index in [1.165, 1.54) is 35.7 Å². The van der Waals surface area contributed by atoms with E-state index in [-0.39, 0.29) is 0 Å². The Morgan fingerprint density at radius 2 is 2.18 bits per heavy atom. The van der Waals surface area contributed by atoms with Gasteiger partial charge in [-0.3, -0.25) is 0 Å². The first kappa shape index (κ1) is 13.2. The maximum atomic E-state index is 5.70. The highest BCUT2D eigenvalue weighted by Crippen LogP contribution is 2.26. The van der Waals surface area contributed by atoms with E-state index in [9.17, 15) is 0 Å². The van der Waals surface area contributed by atoms with Crippen LogP contribution >= 0.6 is 27.7 Å². The maximum Gasteiger partial charge on any atom is 0.0400 e. The lowest BCUT2D eigenvalue weighted by Gasteiger charge is -2.25. The zero-order valence-corrected chi connectivity index (χ0v) is 12.4.